The molecular weight excluding hydrogens is 231 g/mol. The summed E-state index contributed by atoms with van der Waals surface area (Å²) in [7, 11) is 0. The van der Waals surface area contributed by atoms with Crippen molar-refractivity contribution < 1.29 is 13.2 Å². The molecule has 2 rings (SSSR count). The maximum Gasteiger partial charge on any atom is 0.416 e. The molecule has 0 spiro atoms. The van der Waals surface area contributed by atoms with Gasteiger partial charge in [-0.15, -0.1) is 0 Å². The number of alkyl halides is 3. The molecule has 0 aliphatic heterocycles. The van der Waals surface area contributed by atoms with Gasteiger partial charge in [0, 0.05) is 18.0 Å². The smallest absolute Gasteiger partial charge is 0.271 e. The fraction of sp³-hybridized carbons (Fsp3) is 0.545. The largest absolute Gasteiger partial charge is 0.416 e. The fourth-order valence-electron chi connectivity index (χ4n) is 2.05. The number of hydrazine groups is 1. The SMILES string of the molecule is CC1(C(NN)c2cnccc2C(F)(F)F)CC1. The van der Waals surface area contributed by atoms with E-state index in [2.05, 4.69) is 10.4 Å². The zero-order valence-electron chi connectivity index (χ0n) is 9.38. The number of pyridine rings is 1. The van der Waals surface area contributed by atoms with Crippen LogP contribution in [0.25, 0.3) is 0 Å². The van der Waals surface area contributed by atoms with Crippen LogP contribution in [0.3, 0.4) is 0 Å². The van der Waals surface area contributed by atoms with Gasteiger partial charge in [0.15, 0.2) is 0 Å². The molecule has 1 heterocycles. The molecule has 1 aliphatic rings. The second-order valence-corrected chi connectivity index (χ2v) is 4.71. The summed E-state index contributed by atoms with van der Waals surface area (Å²) in [4.78, 5) is 3.77. The van der Waals surface area contributed by atoms with Crippen molar-refractivity contribution in [3.05, 3.63) is 29.6 Å². The molecule has 1 aliphatic carbocycles. The molecular formula is C11H14F3N3. The molecule has 3 nitrogen and oxygen atoms in total. The Balaban J connectivity index is 2.44. The molecule has 0 bridgehead atoms. The van der Waals surface area contributed by atoms with E-state index in [-0.39, 0.29) is 11.0 Å². The van der Waals surface area contributed by atoms with Gasteiger partial charge in [-0.25, -0.2) is 0 Å². The Morgan fingerprint density at radius 3 is 2.59 bits per heavy atom. The molecule has 0 aromatic carbocycles. The topological polar surface area (TPSA) is 50.9 Å². The molecule has 1 atom stereocenters. The first-order chi connectivity index (χ1) is 7.88. The van der Waals surface area contributed by atoms with Crippen LogP contribution in [0.1, 0.15) is 36.9 Å². The van der Waals surface area contributed by atoms with Crippen LogP contribution in [0.5, 0.6) is 0 Å². The average molecular weight is 245 g/mol. The van der Waals surface area contributed by atoms with Crippen LogP contribution in [0, 0.1) is 5.41 Å². The Hall–Kier alpha value is -1.14. The maximum atomic E-state index is 12.9. The normalized spacial score (nSPS) is 20.1. The van der Waals surface area contributed by atoms with E-state index < -0.39 is 17.8 Å². The van der Waals surface area contributed by atoms with Gasteiger partial charge >= 0.3 is 6.18 Å². The molecule has 1 aromatic heterocycles. The van der Waals surface area contributed by atoms with E-state index in [0.717, 1.165) is 25.1 Å². The lowest BCUT2D eigenvalue weighted by atomic mass is 9.90. The predicted molar refractivity (Wildman–Crippen MR) is 56.6 cm³/mol. The highest BCUT2D eigenvalue weighted by molar-refractivity contribution is 5.32. The molecule has 6 heteroatoms. The van der Waals surface area contributed by atoms with Gasteiger partial charge in [-0.05, 0) is 24.3 Å². The van der Waals surface area contributed by atoms with Crippen LogP contribution in [-0.4, -0.2) is 4.98 Å². The maximum absolute atomic E-state index is 12.9. The Morgan fingerprint density at radius 1 is 1.47 bits per heavy atom. The lowest BCUT2D eigenvalue weighted by Gasteiger charge is -2.25. The number of nitrogens with zero attached hydrogens (tertiary/aromatic N) is 1. The van der Waals surface area contributed by atoms with Crippen molar-refractivity contribution in [2.45, 2.75) is 32.0 Å². The van der Waals surface area contributed by atoms with Crippen LogP contribution in [0.2, 0.25) is 0 Å². The third kappa shape index (κ3) is 2.28. The molecule has 17 heavy (non-hydrogen) atoms. The summed E-state index contributed by atoms with van der Waals surface area (Å²) in [5.74, 6) is 5.40. The lowest BCUT2D eigenvalue weighted by Crippen LogP contribution is -2.35. The Morgan fingerprint density at radius 2 is 2.12 bits per heavy atom. The van der Waals surface area contributed by atoms with E-state index >= 15 is 0 Å². The van der Waals surface area contributed by atoms with Crippen molar-refractivity contribution in [3.8, 4) is 0 Å². The highest BCUT2D eigenvalue weighted by Crippen LogP contribution is 2.55. The second kappa shape index (κ2) is 3.96. The summed E-state index contributed by atoms with van der Waals surface area (Å²) >= 11 is 0. The minimum absolute atomic E-state index is 0.127. The van der Waals surface area contributed by atoms with E-state index in [1.165, 1.54) is 6.20 Å². The first-order valence-electron chi connectivity index (χ1n) is 5.36. The van der Waals surface area contributed by atoms with Crippen LogP contribution in [-0.2, 0) is 6.18 Å². The van der Waals surface area contributed by atoms with Gasteiger partial charge in [0.2, 0.25) is 0 Å². The minimum atomic E-state index is -4.38. The lowest BCUT2D eigenvalue weighted by molar-refractivity contribution is -0.138. The van der Waals surface area contributed by atoms with Crippen LogP contribution in [0.4, 0.5) is 13.2 Å². The molecule has 0 radical (unpaired) electrons. The number of hydrogen-bond donors (Lipinski definition) is 2. The summed E-state index contributed by atoms with van der Waals surface area (Å²) in [5, 5.41) is 0. The molecule has 0 amide bonds. The molecule has 3 N–H and O–H groups in total. The molecule has 1 fully saturated rings. The zero-order valence-corrected chi connectivity index (χ0v) is 9.38. The van der Waals surface area contributed by atoms with Crippen LogP contribution >= 0.6 is 0 Å². The molecule has 94 valence electrons. The summed E-state index contributed by atoms with van der Waals surface area (Å²) in [5.41, 5.74) is 1.76. The standard InChI is InChI=1S/C11H14F3N3/c1-10(3-4-10)9(17-15)7-6-16-5-2-8(7)11(12,13)14/h2,5-6,9,17H,3-4,15H2,1H3. The first kappa shape index (κ1) is 12.3. The van der Waals surface area contributed by atoms with Gasteiger partial charge in [-0.1, -0.05) is 6.92 Å². The van der Waals surface area contributed by atoms with Gasteiger partial charge in [0.25, 0.3) is 0 Å². The van der Waals surface area contributed by atoms with E-state index in [9.17, 15) is 13.2 Å². The van der Waals surface area contributed by atoms with Gasteiger partial charge < -0.3 is 0 Å². The number of nitrogens with two attached hydrogens (primary N) is 1. The van der Waals surface area contributed by atoms with E-state index in [1.54, 1.807) is 0 Å². The molecule has 1 saturated carbocycles. The summed E-state index contributed by atoms with van der Waals surface area (Å²) in [6.07, 6.45) is -0.243. The van der Waals surface area contributed by atoms with Crippen LogP contribution < -0.4 is 11.3 Å². The summed E-state index contributed by atoms with van der Waals surface area (Å²) in [6.45, 7) is 1.92. The van der Waals surface area contributed by atoms with E-state index in [0.29, 0.717) is 0 Å². The number of rotatable bonds is 3. The zero-order chi connectivity index (χ0) is 12.7. The van der Waals surface area contributed by atoms with E-state index in [1.807, 2.05) is 6.92 Å². The van der Waals surface area contributed by atoms with Crippen molar-refractivity contribution in [2.75, 3.05) is 0 Å². The molecule has 0 saturated heterocycles. The quantitative estimate of drug-likeness (QED) is 0.635. The van der Waals surface area contributed by atoms with Gasteiger partial charge in [-0.3, -0.25) is 16.3 Å². The first-order valence-corrected chi connectivity index (χ1v) is 5.36. The van der Waals surface area contributed by atoms with E-state index in [4.69, 9.17) is 5.84 Å². The van der Waals surface area contributed by atoms with Crippen molar-refractivity contribution in [1.29, 1.82) is 0 Å². The second-order valence-electron chi connectivity index (χ2n) is 4.71. The molecule has 1 unspecified atom stereocenters. The minimum Gasteiger partial charge on any atom is -0.271 e. The monoisotopic (exact) mass is 245 g/mol. The average Bonchev–Trinajstić information content (AvgIpc) is 2.97. The summed E-state index contributed by atoms with van der Waals surface area (Å²) < 4.78 is 38.6. The Labute approximate surface area is 97.2 Å². The fourth-order valence-corrected chi connectivity index (χ4v) is 2.05. The third-order valence-electron chi connectivity index (χ3n) is 3.37. The van der Waals surface area contributed by atoms with Crippen LogP contribution in [0.15, 0.2) is 18.5 Å². The highest BCUT2D eigenvalue weighted by atomic mass is 19.4. The number of halogens is 3. The predicted octanol–water partition coefficient (Wildman–Crippen LogP) is 2.40. The van der Waals surface area contributed by atoms with Gasteiger partial charge in [-0.2, -0.15) is 13.2 Å². The van der Waals surface area contributed by atoms with Crippen molar-refractivity contribution in [1.82, 2.24) is 10.4 Å². The Kier molecular flexibility index (Phi) is 2.87. The Bertz CT molecular complexity index is 413. The van der Waals surface area contributed by atoms with Crippen molar-refractivity contribution >= 4 is 0 Å². The number of aromatic nitrogens is 1. The van der Waals surface area contributed by atoms with Crippen molar-refractivity contribution in [2.24, 2.45) is 11.3 Å². The highest BCUT2D eigenvalue weighted by Gasteiger charge is 2.48. The van der Waals surface area contributed by atoms with Gasteiger partial charge in [0.1, 0.15) is 0 Å². The van der Waals surface area contributed by atoms with Crippen molar-refractivity contribution in [3.63, 3.8) is 0 Å². The van der Waals surface area contributed by atoms with Gasteiger partial charge in [0.05, 0.1) is 11.6 Å². The number of hydrogen-bond acceptors (Lipinski definition) is 3. The molecule has 1 aromatic rings. The summed E-state index contributed by atoms with van der Waals surface area (Å²) in [6, 6.07) is 0.485. The number of nitrogens with one attached hydrogen (secondary N) is 1. The third-order valence-corrected chi connectivity index (χ3v) is 3.37.